The fourth-order valence-electron chi connectivity index (χ4n) is 4.59. The number of nitrogens with zero attached hydrogens (tertiary/aromatic N) is 5. The summed E-state index contributed by atoms with van der Waals surface area (Å²) in [7, 11) is 0. The number of benzene rings is 1. The lowest BCUT2D eigenvalue weighted by molar-refractivity contribution is -0.136. The zero-order valence-electron chi connectivity index (χ0n) is 20.5. The second-order valence-electron chi connectivity index (χ2n) is 9.13. The van der Waals surface area contributed by atoms with Crippen molar-refractivity contribution in [2.75, 3.05) is 18.8 Å². The Bertz CT molecular complexity index is 1660. The van der Waals surface area contributed by atoms with Gasteiger partial charge in [0.2, 0.25) is 0 Å². The SMILES string of the molecule is Cc1cc(F)c(-c2cc(C(F)(F)F)c3c(N)ncnn23)cc1C(=O)N[C@@H]1CN(C(=O)c2ncccc2Br)C[C@@H]1F. The number of alkyl halides is 4. The largest absolute Gasteiger partial charge is 0.418 e. The van der Waals surface area contributed by atoms with Crippen LogP contribution in [0.4, 0.5) is 27.8 Å². The number of aryl methyl sites for hydroxylation is 1. The molecule has 2 atom stereocenters. The summed E-state index contributed by atoms with van der Waals surface area (Å²) >= 11 is 3.23. The molecule has 1 aliphatic rings. The molecule has 0 bridgehead atoms. The molecule has 40 heavy (non-hydrogen) atoms. The summed E-state index contributed by atoms with van der Waals surface area (Å²) < 4.78 is 72.4. The van der Waals surface area contributed by atoms with Crippen LogP contribution in [0, 0.1) is 12.7 Å². The molecule has 1 aromatic carbocycles. The molecule has 15 heteroatoms. The first-order valence-corrected chi connectivity index (χ1v) is 12.5. The Morgan fingerprint density at radius 1 is 1.18 bits per heavy atom. The number of pyridine rings is 1. The number of aromatic nitrogens is 4. The maximum atomic E-state index is 15.1. The molecular weight excluding hydrogens is 605 g/mol. The summed E-state index contributed by atoms with van der Waals surface area (Å²) in [6, 6.07) is 4.86. The summed E-state index contributed by atoms with van der Waals surface area (Å²) in [5, 5.41) is 6.32. The maximum Gasteiger partial charge on any atom is 0.418 e. The second kappa shape index (κ2) is 10.1. The van der Waals surface area contributed by atoms with Gasteiger partial charge in [0.15, 0.2) is 5.82 Å². The van der Waals surface area contributed by atoms with Gasteiger partial charge in [-0.25, -0.2) is 23.3 Å². The first kappa shape index (κ1) is 27.4. The average molecular weight is 624 g/mol. The minimum Gasteiger partial charge on any atom is -0.382 e. The molecule has 1 aliphatic heterocycles. The average Bonchev–Trinajstić information content (AvgIpc) is 3.46. The quantitative estimate of drug-likeness (QED) is 0.329. The van der Waals surface area contributed by atoms with Gasteiger partial charge < -0.3 is 16.0 Å². The Morgan fingerprint density at radius 3 is 2.62 bits per heavy atom. The van der Waals surface area contributed by atoms with Crippen molar-refractivity contribution in [1.29, 1.82) is 0 Å². The molecule has 4 aromatic rings. The molecule has 0 aliphatic carbocycles. The first-order valence-electron chi connectivity index (χ1n) is 11.7. The van der Waals surface area contributed by atoms with Crippen LogP contribution in [0.25, 0.3) is 16.8 Å². The van der Waals surface area contributed by atoms with E-state index < -0.39 is 52.9 Å². The van der Waals surface area contributed by atoms with Gasteiger partial charge in [0.25, 0.3) is 11.8 Å². The number of likely N-dealkylation sites (tertiary alicyclic amines) is 1. The highest BCUT2D eigenvalue weighted by Crippen LogP contribution is 2.39. The molecule has 5 rings (SSSR count). The van der Waals surface area contributed by atoms with Crippen LogP contribution in [-0.4, -0.2) is 61.6 Å². The number of hydrogen-bond acceptors (Lipinski definition) is 6. The summed E-state index contributed by atoms with van der Waals surface area (Å²) in [4.78, 5) is 34.8. The van der Waals surface area contributed by atoms with E-state index in [1.54, 1.807) is 12.1 Å². The topological polar surface area (TPSA) is 119 Å². The normalized spacial score (nSPS) is 17.4. The van der Waals surface area contributed by atoms with Crippen LogP contribution >= 0.6 is 15.9 Å². The predicted octanol–water partition coefficient (Wildman–Crippen LogP) is 4.19. The van der Waals surface area contributed by atoms with Crippen LogP contribution in [0.2, 0.25) is 0 Å². The number of hydrogen-bond donors (Lipinski definition) is 2. The van der Waals surface area contributed by atoms with Crippen LogP contribution in [-0.2, 0) is 6.18 Å². The molecule has 3 N–H and O–H groups in total. The van der Waals surface area contributed by atoms with Gasteiger partial charge in [-0.2, -0.15) is 18.3 Å². The van der Waals surface area contributed by atoms with Gasteiger partial charge >= 0.3 is 6.18 Å². The van der Waals surface area contributed by atoms with Crippen LogP contribution in [0.15, 0.2) is 47.3 Å². The van der Waals surface area contributed by atoms with E-state index in [4.69, 9.17) is 5.73 Å². The van der Waals surface area contributed by atoms with Gasteiger partial charge in [0.1, 0.15) is 29.5 Å². The van der Waals surface area contributed by atoms with E-state index in [1.165, 1.54) is 18.0 Å². The second-order valence-corrected chi connectivity index (χ2v) is 9.99. The number of nitrogens with one attached hydrogen (secondary N) is 1. The third kappa shape index (κ3) is 4.85. The monoisotopic (exact) mass is 623 g/mol. The summed E-state index contributed by atoms with van der Waals surface area (Å²) in [6.45, 7) is 0.976. The maximum absolute atomic E-state index is 15.1. The van der Waals surface area contributed by atoms with E-state index in [0.29, 0.717) is 10.5 Å². The minimum absolute atomic E-state index is 0.0859. The van der Waals surface area contributed by atoms with E-state index in [1.807, 2.05) is 0 Å². The van der Waals surface area contributed by atoms with E-state index in [2.05, 4.69) is 36.3 Å². The standard InChI is InChI=1S/C25H19BrF5N7O2/c1-11-5-16(27)13(19-7-14(25(29,30)31)21-22(32)34-10-35-38(19)21)6-12(11)23(39)36-18-9-37(8-17(18)28)24(40)20-15(26)3-2-4-33-20/h2-7,10,17-18H,8-9H2,1H3,(H,36,39)(H2,32,34,35)/t17-,18+/m0/s1. The van der Waals surface area contributed by atoms with Crippen LogP contribution < -0.4 is 11.1 Å². The lowest BCUT2D eigenvalue weighted by atomic mass is 10.0. The fraction of sp³-hybridized carbons (Fsp3) is 0.240. The Kier molecular flexibility index (Phi) is 6.94. The third-order valence-corrected chi connectivity index (χ3v) is 7.18. The number of halogens is 6. The van der Waals surface area contributed by atoms with Crippen molar-refractivity contribution in [3.63, 3.8) is 0 Å². The van der Waals surface area contributed by atoms with E-state index in [0.717, 1.165) is 23.0 Å². The number of carbonyl (C=O) groups excluding carboxylic acids is 2. The Labute approximate surface area is 231 Å². The molecule has 0 saturated carbocycles. The highest BCUT2D eigenvalue weighted by Gasteiger charge is 2.39. The van der Waals surface area contributed by atoms with Crippen molar-refractivity contribution in [2.24, 2.45) is 0 Å². The van der Waals surface area contributed by atoms with Crippen LogP contribution in [0.1, 0.15) is 32.0 Å². The van der Waals surface area contributed by atoms with Crippen molar-refractivity contribution >= 4 is 39.1 Å². The van der Waals surface area contributed by atoms with E-state index >= 15 is 4.39 Å². The van der Waals surface area contributed by atoms with Crippen molar-refractivity contribution in [1.82, 2.24) is 29.8 Å². The third-order valence-electron chi connectivity index (χ3n) is 6.54. The molecule has 9 nitrogen and oxygen atoms in total. The van der Waals surface area contributed by atoms with Crippen molar-refractivity contribution in [2.45, 2.75) is 25.3 Å². The lowest BCUT2D eigenvalue weighted by Crippen LogP contribution is -2.42. The van der Waals surface area contributed by atoms with Crippen LogP contribution in [0.5, 0.6) is 0 Å². The highest BCUT2D eigenvalue weighted by atomic mass is 79.9. The smallest absolute Gasteiger partial charge is 0.382 e. The van der Waals surface area contributed by atoms with Gasteiger partial charge in [-0.15, -0.1) is 0 Å². The molecule has 4 heterocycles. The van der Waals surface area contributed by atoms with Crippen molar-refractivity contribution in [3.8, 4) is 11.3 Å². The summed E-state index contributed by atoms with van der Waals surface area (Å²) in [6.07, 6.45) is -4.12. The number of nitrogens with two attached hydrogens (primary N) is 1. The zero-order valence-corrected chi connectivity index (χ0v) is 22.1. The van der Waals surface area contributed by atoms with E-state index in [-0.39, 0.29) is 41.2 Å². The number of carbonyl (C=O) groups is 2. The number of amides is 2. The number of rotatable bonds is 4. The molecule has 0 spiro atoms. The summed E-state index contributed by atoms with van der Waals surface area (Å²) in [5.41, 5.74) is 3.39. The minimum atomic E-state index is -4.85. The fourth-order valence-corrected chi connectivity index (χ4v) is 5.02. The first-order chi connectivity index (χ1) is 18.9. The lowest BCUT2D eigenvalue weighted by Gasteiger charge is -2.18. The Hall–Kier alpha value is -4.14. The van der Waals surface area contributed by atoms with Crippen molar-refractivity contribution in [3.05, 3.63) is 75.5 Å². The predicted molar refractivity (Wildman–Crippen MR) is 137 cm³/mol. The number of nitrogen functional groups attached to an aromatic ring is 1. The molecular formula is C25H19BrF5N7O2. The summed E-state index contributed by atoms with van der Waals surface area (Å²) in [5.74, 6) is -2.72. The Morgan fingerprint density at radius 2 is 1.93 bits per heavy atom. The highest BCUT2D eigenvalue weighted by molar-refractivity contribution is 9.10. The number of anilines is 1. The Balaban J connectivity index is 1.45. The molecule has 208 valence electrons. The molecule has 1 fully saturated rings. The van der Waals surface area contributed by atoms with Gasteiger partial charge in [-0.3, -0.25) is 9.59 Å². The molecule has 0 unspecified atom stereocenters. The zero-order chi connectivity index (χ0) is 28.9. The number of fused-ring (bicyclic) bond motifs is 1. The van der Waals surface area contributed by atoms with E-state index in [9.17, 15) is 27.2 Å². The molecule has 2 amide bonds. The van der Waals surface area contributed by atoms with Crippen LogP contribution in [0.3, 0.4) is 0 Å². The van der Waals surface area contributed by atoms with Gasteiger partial charge in [-0.1, -0.05) is 0 Å². The van der Waals surface area contributed by atoms with Gasteiger partial charge in [-0.05, 0) is 58.7 Å². The molecule has 3 aromatic heterocycles. The van der Waals surface area contributed by atoms with Gasteiger partial charge in [0.05, 0.1) is 23.8 Å². The van der Waals surface area contributed by atoms with Gasteiger partial charge in [0, 0.05) is 28.3 Å². The molecule has 0 radical (unpaired) electrons. The molecule has 1 saturated heterocycles. The van der Waals surface area contributed by atoms with Crippen molar-refractivity contribution < 1.29 is 31.5 Å².